The first-order chi connectivity index (χ1) is 9.05. The van der Waals surface area contributed by atoms with Gasteiger partial charge in [0.25, 0.3) is 0 Å². The summed E-state index contributed by atoms with van der Waals surface area (Å²) in [6.45, 7) is 3.34. The molecule has 0 bridgehead atoms. The smallest absolute Gasteiger partial charge is 0.416 e. The number of rotatable bonds is 4. The molecule has 1 aromatic rings. The molecule has 20 heavy (non-hydrogen) atoms. The normalized spacial score (nSPS) is 13.9. The highest BCUT2D eigenvalue weighted by Crippen LogP contribution is 2.35. The second-order valence-corrected chi connectivity index (χ2v) is 5.28. The predicted octanol–water partition coefficient (Wildman–Crippen LogP) is 3.09. The first kappa shape index (κ1) is 16.5. The summed E-state index contributed by atoms with van der Waals surface area (Å²) < 4.78 is 42.8. The van der Waals surface area contributed by atoms with Gasteiger partial charge < -0.3 is 10.5 Å². The molecule has 0 aliphatic carbocycles. The van der Waals surface area contributed by atoms with E-state index in [0.29, 0.717) is 5.56 Å². The molecule has 0 aliphatic rings. The summed E-state index contributed by atoms with van der Waals surface area (Å²) in [6.07, 6.45) is -4.49. The van der Waals surface area contributed by atoms with E-state index in [-0.39, 0.29) is 6.42 Å². The zero-order valence-corrected chi connectivity index (χ0v) is 11.6. The Balaban J connectivity index is 3.18. The molecule has 0 fully saturated rings. The minimum absolute atomic E-state index is 0.0681. The zero-order valence-electron chi connectivity index (χ0n) is 11.6. The summed E-state index contributed by atoms with van der Waals surface area (Å²) >= 11 is 0. The Morgan fingerprint density at radius 3 is 2.40 bits per heavy atom. The van der Waals surface area contributed by atoms with Crippen molar-refractivity contribution in [3.8, 4) is 0 Å². The number of hydrogen-bond donors (Lipinski definition) is 1. The summed E-state index contributed by atoms with van der Waals surface area (Å²) in [4.78, 5) is 11.4. The number of halogens is 3. The monoisotopic (exact) mass is 289 g/mol. The van der Waals surface area contributed by atoms with E-state index in [2.05, 4.69) is 4.74 Å². The van der Waals surface area contributed by atoms with Crippen LogP contribution in [0.2, 0.25) is 0 Å². The van der Waals surface area contributed by atoms with Crippen LogP contribution < -0.4 is 5.73 Å². The molecular weight excluding hydrogens is 271 g/mol. The molecule has 0 amide bonds. The molecule has 1 aromatic carbocycles. The molecule has 1 rings (SSSR count). The average Bonchev–Trinajstić information content (AvgIpc) is 2.33. The lowest BCUT2D eigenvalue weighted by Gasteiger charge is -2.30. The van der Waals surface area contributed by atoms with Gasteiger partial charge in [0.1, 0.15) is 0 Å². The summed E-state index contributed by atoms with van der Waals surface area (Å²) in [5.74, 6) is -1.07. The number of nitrogens with two attached hydrogens (primary N) is 1. The summed E-state index contributed by atoms with van der Waals surface area (Å²) in [6, 6.07) is 4.87. The maximum absolute atomic E-state index is 12.7. The van der Waals surface area contributed by atoms with Gasteiger partial charge in [-0.15, -0.1) is 0 Å². The van der Waals surface area contributed by atoms with Crippen molar-refractivity contribution in [2.75, 3.05) is 7.11 Å². The van der Waals surface area contributed by atoms with Crippen molar-refractivity contribution in [3.63, 3.8) is 0 Å². The van der Waals surface area contributed by atoms with Crippen molar-refractivity contribution < 1.29 is 22.7 Å². The van der Waals surface area contributed by atoms with Crippen molar-refractivity contribution in [1.82, 2.24) is 0 Å². The Bertz CT molecular complexity index is 478. The maximum Gasteiger partial charge on any atom is 0.416 e. The molecule has 0 aromatic heterocycles. The van der Waals surface area contributed by atoms with Crippen LogP contribution in [0.3, 0.4) is 0 Å². The molecule has 0 saturated heterocycles. The van der Waals surface area contributed by atoms with Gasteiger partial charge in [0.15, 0.2) is 0 Å². The Kier molecular flexibility index (Phi) is 4.81. The molecule has 0 radical (unpaired) electrons. The van der Waals surface area contributed by atoms with Crippen molar-refractivity contribution in [2.45, 2.75) is 37.9 Å². The third-order valence-electron chi connectivity index (χ3n) is 3.11. The van der Waals surface area contributed by atoms with E-state index in [1.54, 1.807) is 13.8 Å². The number of hydrogen-bond acceptors (Lipinski definition) is 3. The Morgan fingerprint density at radius 1 is 1.35 bits per heavy atom. The first-order valence-corrected chi connectivity index (χ1v) is 6.08. The highest BCUT2D eigenvalue weighted by atomic mass is 19.4. The first-order valence-electron chi connectivity index (χ1n) is 6.08. The highest BCUT2D eigenvalue weighted by molar-refractivity contribution is 5.70. The molecule has 2 N–H and O–H groups in total. The molecule has 3 nitrogen and oxygen atoms in total. The molecule has 1 unspecified atom stereocenters. The number of carbonyl (C=O) groups is 1. The molecular formula is C14H18F3NO2. The van der Waals surface area contributed by atoms with Crippen molar-refractivity contribution in [3.05, 3.63) is 35.4 Å². The van der Waals surface area contributed by atoms with E-state index in [4.69, 9.17) is 5.73 Å². The van der Waals surface area contributed by atoms with E-state index < -0.39 is 29.2 Å². The summed E-state index contributed by atoms with van der Waals surface area (Å²) in [5.41, 5.74) is 4.75. The number of methoxy groups -OCH3 is 1. The molecule has 0 heterocycles. The van der Waals surface area contributed by atoms with Gasteiger partial charge in [-0.3, -0.25) is 4.79 Å². The highest BCUT2D eigenvalue weighted by Gasteiger charge is 2.34. The maximum atomic E-state index is 12.7. The van der Waals surface area contributed by atoms with Crippen LogP contribution in [-0.2, 0) is 15.7 Å². The van der Waals surface area contributed by atoms with Gasteiger partial charge in [-0.2, -0.15) is 13.2 Å². The quantitative estimate of drug-likeness (QED) is 0.867. The van der Waals surface area contributed by atoms with E-state index in [1.807, 2.05) is 0 Å². The number of benzene rings is 1. The van der Waals surface area contributed by atoms with Crippen LogP contribution >= 0.6 is 0 Å². The van der Waals surface area contributed by atoms with Crippen LogP contribution in [-0.4, -0.2) is 18.6 Å². The van der Waals surface area contributed by atoms with Crippen molar-refractivity contribution in [2.24, 2.45) is 5.73 Å². The lowest BCUT2D eigenvalue weighted by molar-refractivity contribution is -0.141. The van der Waals surface area contributed by atoms with Crippen LogP contribution in [0.4, 0.5) is 13.2 Å². The van der Waals surface area contributed by atoms with Crippen LogP contribution in [0.5, 0.6) is 0 Å². The number of ether oxygens (including phenoxy) is 1. The van der Waals surface area contributed by atoms with Crippen LogP contribution in [0.15, 0.2) is 24.3 Å². The Morgan fingerprint density at radius 2 is 1.95 bits per heavy atom. The third-order valence-corrected chi connectivity index (χ3v) is 3.11. The molecule has 112 valence electrons. The van der Waals surface area contributed by atoms with Gasteiger partial charge in [-0.05, 0) is 25.5 Å². The van der Waals surface area contributed by atoms with E-state index in [1.165, 1.54) is 19.2 Å². The van der Waals surface area contributed by atoms with Crippen molar-refractivity contribution in [1.29, 1.82) is 0 Å². The second-order valence-electron chi connectivity index (χ2n) is 5.28. The molecule has 1 atom stereocenters. The topological polar surface area (TPSA) is 52.3 Å². The van der Waals surface area contributed by atoms with Gasteiger partial charge in [-0.1, -0.05) is 18.2 Å². The molecule has 0 aliphatic heterocycles. The zero-order chi connectivity index (χ0) is 15.6. The fraction of sp³-hybridized carbons (Fsp3) is 0.500. The fourth-order valence-corrected chi connectivity index (χ4v) is 1.99. The number of alkyl halides is 3. The SMILES string of the molecule is COC(=O)CC(c1cccc(C(F)(F)F)c1)C(C)(C)N. The van der Waals surface area contributed by atoms with Crippen LogP contribution in [0.25, 0.3) is 0 Å². The lowest BCUT2D eigenvalue weighted by atomic mass is 9.80. The summed E-state index contributed by atoms with van der Waals surface area (Å²) in [5, 5.41) is 0. The van der Waals surface area contributed by atoms with E-state index in [9.17, 15) is 18.0 Å². The second kappa shape index (κ2) is 5.83. The van der Waals surface area contributed by atoms with Gasteiger partial charge in [-0.25, -0.2) is 0 Å². The van der Waals surface area contributed by atoms with Crippen LogP contribution in [0.1, 0.15) is 37.3 Å². The number of esters is 1. The minimum atomic E-state index is -4.43. The third kappa shape index (κ3) is 4.23. The fourth-order valence-electron chi connectivity index (χ4n) is 1.99. The number of carbonyl (C=O) groups excluding carboxylic acids is 1. The Labute approximate surface area is 115 Å². The Hall–Kier alpha value is -1.56. The largest absolute Gasteiger partial charge is 0.469 e. The van der Waals surface area contributed by atoms with Gasteiger partial charge in [0.2, 0.25) is 0 Å². The van der Waals surface area contributed by atoms with Crippen LogP contribution in [0, 0.1) is 0 Å². The average molecular weight is 289 g/mol. The van der Waals surface area contributed by atoms with E-state index >= 15 is 0 Å². The molecule has 6 heteroatoms. The molecule has 0 spiro atoms. The van der Waals surface area contributed by atoms with Gasteiger partial charge >= 0.3 is 12.1 Å². The van der Waals surface area contributed by atoms with Gasteiger partial charge in [0, 0.05) is 11.5 Å². The standard InChI is InChI=1S/C14H18F3NO2/c1-13(2,18)11(8-12(19)20-3)9-5-4-6-10(7-9)14(15,16)17/h4-7,11H,8,18H2,1-3H3. The summed E-state index contributed by atoms with van der Waals surface area (Å²) in [7, 11) is 1.23. The minimum Gasteiger partial charge on any atom is -0.469 e. The molecule has 0 saturated carbocycles. The van der Waals surface area contributed by atoms with Crippen molar-refractivity contribution >= 4 is 5.97 Å². The van der Waals surface area contributed by atoms with Gasteiger partial charge in [0.05, 0.1) is 19.1 Å². The predicted molar refractivity (Wildman–Crippen MR) is 69.1 cm³/mol. The lowest BCUT2D eigenvalue weighted by Crippen LogP contribution is -2.40. The van der Waals surface area contributed by atoms with E-state index in [0.717, 1.165) is 12.1 Å².